The van der Waals surface area contributed by atoms with E-state index in [-0.39, 0.29) is 5.82 Å². The number of rotatable bonds is 4. The van der Waals surface area contributed by atoms with Crippen molar-refractivity contribution in [3.63, 3.8) is 0 Å². The molecule has 0 aromatic heterocycles. The molecule has 2 aromatic carbocycles. The average Bonchev–Trinajstić information content (AvgIpc) is 2.39. The summed E-state index contributed by atoms with van der Waals surface area (Å²) in [6, 6.07) is 12.0. The highest BCUT2D eigenvalue weighted by Gasteiger charge is 2.11. The minimum Gasteiger partial charge on any atom is -0.497 e. The van der Waals surface area contributed by atoms with Crippen LogP contribution < -0.4 is 4.74 Å². The molecule has 0 saturated heterocycles. The Bertz CT molecular complexity index is 549. The van der Waals surface area contributed by atoms with Crippen LogP contribution in [0.4, 0.5) is 4.39 Å². The van der Waals surface area contributed by atoms with Gasteiger partial charge >= 0.3 is 0 Å². The first-order valence-electron chi connectivity index (χ1n) is 6.17. The number of hydrogen-bond donors (Lipinski definition) is 1. The lowest BCUT2D eigenvalue weighted by molar-refractivity contribution is 0.177. The molecule has 0 heterocycles. The van der Waals surface area contributed by atoms with E-state index in [0.29, 0.717) is 6.42 Å². The molecule has 2 rings (SSSR count). The third-order valence-electron chi connectivity index (χ3n) is 3.18. The lowest BCUT2D eigenvalue weighted by atomic mass is 9.97. The molecular formula is C16H17FO2. The zero-order chi connectivity index (χ0) is 13.8. The van der Waals surface area contributed by atoms with Crippen molar-refractivity contribution in [3.8, 4) is 5.75 Å². The Morgan fingerprint density at radius 3 is 2.42 bits per heavy atom. The normalized spacial score (nSPS) is 12.2. The summed E-state index contributed by atoms with van der Waals surface area (Å²) in [6.45, 7) is 1.80. The molecule has 1 N–H and O–H groups in total. The molecule has 1 unspecified atom stereocenters. The topological polar surface area (TPSA) is 29.5 Å². The van der Waals surface area contributed by atoms with Crippen LogP contribution >= 0.6 is 0 Å². The Hall–Kier alpha value is -1.87. The van der Waals surface area contributed by atoms with Crippen molar-refractivity contribution in [3.05, 3.63) is 65.0 Å². The van der Waals surface area contributed by atoms with Crippen molar-refractivity contribution in [2.45, 2.75) is 19.4 Å². The molecule has 2 nitrogen and oxygen atoms in total. The molecule has 3 heteroatoms. The number of methoxy groups -OCH3 is 1. The van der Waals surface area contributed by atoms with Crippen LogP contribution in [-0.2, 0) is 6.42 Å². The van der Waals surface area contributed by atoms with E-state index in [1.165, 1.54) is 12.1 Å². The first-order chi connectivity index (χ1) is 9.10. The first-order valence-corrected chi connectivity index (χ1v) is 6.17. The van der Waals surface area contributed by atoms with Gasteiger partial charge in [0.05, 0.1) is 13.2 Å². The molecule has 19 heavy (non-hydrogen) atoms. The highest BCUT2D eigenvalue weighted by atomic mass is 19.1. The summed E-state index contributed by atoms with van der Waals surface area (Å²) in [7, 11) is 1.62. The van der Waals surface area contributed by atoms with Crippen LogP contribution in [0.2, 0.25) is 0 Å². The van der Waals surface area contributed by atoms with E-state index in [2.05, 4.69) is 0 Å². The summed E-state index contributed by atoms with van der Waals surface area (Å²) in [5.41, 5.74) is 2.54. The van der Waals surface area contributed by atoms with Crippen LogP contribution in [-0.4, -0.2) is 12.2 Å². The maximum absolute atomic E-state index is 13.0. The molecule has 0 radical (unpaired) electrons. The predicted octanol–water partition coefficient (Wildman–Crippen LogP) is 3.42. The van der Waals surface area contributed by atoms with E-state index in [1.807, 2.05) is 24.3 Å². The molecule has 0 saturated carbocycles. The maximum Gasteiger partial charge on any atom is 0.123 e. The molecule has 0 aliphatic rings. The molecule has 1 atom stereocenters. The van der Waals surface area contributed by atoms with Crippen molar-refractivity contribution < 1.29 is 14.2 Å². The zero-order valence-corrected chi connectivity index (χ0v) is 11.1. The summed E-state index contributed by atoms with van der Waals surface area (Å²) in [6.07, 6.45) is -0.134. The predicted molar refractivity (Wildman–Crippen MR) is 72.8 cm³/mol. The number of hydrogen-bond acceptors (Lipinski definition) is 2. The maximum atomic E-state index is 13.0. The molecule has 0 spiro atoms. The van der Waals surface area contributed by atoms with Gasteiger partial charge in [-0.3, -0.25) is 0 Å². The van der Waals surface area contributed by atoms with Crippen molar-refractivity contribution in [1.82, 2.24) is 0 Å². The van der Waals surface area contributed by atoms with Crippen molar-refractivity contribution in [1.29, 1.82) is 0 Å². The number of aliphatic hydroxyl groups is 1. The average molecular weight is 260 g/mol. The molecule has 0 fully saturated rings. The van der Waals surface area contributed by atoms with E-state index < -0.39 is 6.10 Å². The van der Waals surface area contributed by atoms with Crippen LogP contribution in [0.5, 0.6) is 5.75 Å². The largest absolute Gasteiger partial charge is 0.497 e. The van der Waals surface area contributed by atoms with Crippen LogP contribution in [0.15, 0.2) is 42.5 Å². The van der Waals surface area contributed by atoms with Gasteiger partial charge in [-0.2, -0.15) is 0 Å². The lowest BCUT2D eigenvalue weighted by Gasteiger charge is -2.14. The van der Waals surface area contributed by atoms with E-state index in [0.717, 1.165) is 22.4 Å². The third kappa shape index (κ3) is 3.32. The van der Waals surface area contributed by atoms with Gasteiger partial charge < -0.3 is 9.84 Å². The second kappa shape index (κ2) is 5.85. The molecular weight excluding hydrogens is 243 g/mol. The standard InChI is InChI=1S/C16H17FO2/c1-11-9-13(17)5-8-15(11)16(18)10-12-3-6-14(19-2)7-4-12/h3-9,16,18H,10H2,1-2H3. The monoisotopic (exact) mass is 260 g/mol. The number of aryl methyl sites for hydroxylation is 1. The third-order valence-corrected chi connectivity index (χ3v) is 3.18. The van der Waals surface area contributed by atoms with Gasteiger partial charge in [-0.1, -0.05) is 18.2 Å². The van der Waals surface area contributed by atoms with Crippen molar-refractivity contribution >= 4 is 0 Å². The molecule has 100 valence electrons. The highest BCUT2D eigenvalue weighted by molar-refractivity contribution is 5.32. The molecule has 0 aliphatic carbocycles. The van der Waals surface area contributed by atoms with E-state index >= 15 is 0 Å². The lowest BCUT2D eigenvalue weighted by Crippen LogP contribution is -2.04. The van der Waals surface area contributed by atoms with Crippen LogP contribution in [0.1, 0.15) is 22.8 Å². The SMILES string of the molecule is COc1ccc(CC(O)c2ccc(F)cc2C)cc1. The first kappa shape index (κ1) is 13.6. The second-order valence-electron chi connectivity index (χ2n) is 4.57. The molecule has 0 amide bonds. The number of halogens is 1. The number of benzene rings is 2. The summed E-state index contributed by atoms with van der Waals surface area (Å²) in [5.74, 6) is 0.508. The summed E-state index contributed by atoms with van der Waals surface area (Å²) < 4.78 is 18.1. The van der Waals surface area contributed by atoms with Gasteiger partial charge in [0.2, 0.25) is 0 Å². The fraction of sp³-hybridized carbons (Fsp3) is 0.250. The van der Waals surface area contributed by atoms with E-state index in [9.17, 15) is 9.50 Å². The van der Waals surface area contributed by atoms with Gasteiger partial charge in [-0.05, 0) is 47.9 Å². The molecule has 2 aromatic rings. The Balaban J connectivity index is 2.13. The number of ether oxygens (including phenoxy) is 1. The van der Waals surface area contributed by atoms with E-state index in [1.54, 1.807) is 20.1 Å². The minimum atomic E-state index is -0.631. The quantitative estimate of drug-likeness (QED) is 0.912. The van der Waals surface area contributed by atoms with E-state index in [4.69, 9.17) is 4.74 Å². The van der Waals surface area contributed by atoms with Crippen LogP contribution in [0, 0.1) is 12.7 Å². The van der Waals surface area contributed by atoms with Crippen molar-refractivity contribution in [2.24, 2.45) is 0 Å². The highest BCUT2D eigenvalue weighted by Crippen LogP contribution is 2.23. The minimum absolute atomic E-state index is 0.280. The van der Waals surface area contributed by atoms with Gasteiger partial charge in [-0.25, -0.2) is 4.39 Å². The van der Waals surface area contributed by atoms with Gasteiger partial charge in [0, 0.05) is 6.42 Å². The van der Waals surface area contributed by atoms with Crippen LogP contribution in [0.25, 0.3) is 0 Å². The van der Waals surface area contributed by atoms with Gasteiger partial charge in [0.25, 0.3) is 0 Å². The Labute approximate surface area is 112 Å². The van der Waals surface area contributed by atoms with Crippen LogP contribution in [0.3, 0.4) is 0 Å². The summed E-state index contributed by atoms with van der Waals surface area (Å²) >= 11 is 0. The van der Waals surface area contributed by atoms with Gasteiger partial charge in [-0.15, -0.1) is 0 Å². The Kier molecular flexibility index (Phi) is 4.17. The summed E-state index contributed by atoms with van der Waals surface area (Å²) in [5, 5.41) is 10.2. The summed E-state index contributed by atoms with van der Waals surface area (Å²) in [4.78, 5) is 0. The van der Waals surface area contributed by atoms with Crippen molar-refractivity contribution in [2.75, 3.05) is 7.11 Å². The Morgan fingerprint density at radius 1 is 1.16 bits per heavy atom. The Morgan fingerprint density at radius 2 is 1.84 bits per heavy atom. The molecule has 0 aliphatic heterocycles. The number of aliphatic hydroxyl groups excluding tert-OH is 1. The van der Waals surface area contributed by atoms with Gasteiger partial charge in [0.15, 0.2) is 0 Å². The van der Waals surface area contributed by atoms with Gasteiger partial charge in [0.1, 0.15) is 11.6 Å². The smallest absolute Gasteiger partial charge is 0.123 e. The molecule has 0 bridgehead atoms. The fourth-order valence-electron chi connectivity index (χ4n) is 2.11. The second-order valence-corrected chi connectivity index (χ2v) is 4.57. The zero-order valence-electron chi connectivity index (χ0n) is 11.1. The fourth-order valence-corrected chi connectivity index (χ4v) is 2.11.